The molecule has 0 amide bonds. The van der Waals surface area contributed by atoms with Crippen LogP contribution in [0.25, 0.3) is 0 Å². The average molecular weight is 180 g/mol. The third kappa shape index (κ3) is 5.34. The van der Waals surface area contributed by atoms with Crippen molar-refractivity contribution in [1.82, 2.24) is 0 Å². The average Bonchev–Trinajstić information content (AvgIpc) is 2.11. The summed E-state index contributed by atoms with van der Waals surface area (Å²) in [5.41, 5.74) is 2.35. The highest BCUT2D eigenvalue weighted by atomic mass is 14.8. The van der Waals surface area contributed by atoms with Crippen LogP contribution in [0.3, 0.4) is 0 Å². The molecule has 0 aromatic rings. The molecule has 0 N–H and O–H groups in total. The van der Waals surface area contributed by atoms with Crippen LogP contribution in [-0.2, 0) is 0 Å². The minimum atomic E-state index is 0.458. The van der Waals surface area contributed by atoms with Crippen molar-refractivity contribution in [2.45, 2.75) is 27.7 Å². The van der Waals surface area contributed by atoms with Gasteiger partial charge in [0, 0.05) is 13.3 Å². The number of hydrogen-bond acceptors (Lipinski definition) is 2. The lowest BCUT2D eigenvalue weighted by molar-refractivity contribution is 0.892. The van der Waals surface area contributed by atoms with Crippen molar-refractivity contribution in [3.8, 4) is 0 Å². The Bertz CT molecular complexity index is 222. The normalized spacial score (nSPS) is 14.6. The van der Waals surface area contributed by atoms with Crippen LogP contribution in [0, 0.1) is 5.92 Å². The Kier molecular flexibility index (Phi) is 6.11. The molecule has 0 aliphatic heterocycles. The predicted octanol–water partition coefficient (Wildman–Crippen LogP) is 2.75. The standard InChI is InChI=1S/C11H20N2/c1-6-10(4)7-13-8-11(12-5)9(2)3/h6,8-9H,7H2,1-5H3/b10-6-,12-11?,13-8?. The minimum absolute atomic E-state index is 0.458. The Morgan fingerprint density at radius 1 is 1.38 bits per heavy atom. The Morgan fingerprint density at radius 3 is 2.38 bits per heavy atom. The van der Waals surface area contributed by atoms with E-state index in [1.54, 1.807) is 0 Å². The summed E-state index contributed by atoms with van der Waals surface area (Å²) < 4.78 is 0. The smallest absolute Gasteiger partial charge is 0.0597 e. The third-order valence-electron chi connectivity index (χ3n) is 1.91. The van der Waals surface area contributed by atoms with Gasteiger partial charge in [0.15, 0.2) is 0 Å². The van der Waals surface area contributed by atoms with Gasteiger partial charge in [0.2, 0.25) is 0 Å². The van der Waals surface area contributed by atoms with Crippen molar-refractivity contribution >= 4 is 11.9 Å². The monoisotopic (exact) mass is 180 g/mol. The molecule has 0 saturated heterocycles. The van der Waals surface area contributed by atoms with E-state index in [2.05, 4.69) is 36.8 Å². The zero-order valence-electron chi connectivity index (χ0n) is 9.33. The first-order valence-corrected chi connectivity index (χ1v) is 4.70. The van der Waals surface area contributed by atoms with Crippen LogP contribution in [0.2, 0.25) is 0 Å². The summed E-state index contributed by atoms with van der Waals surface area (Å²) in [5, 5.41) is 0. The second-order valence-electron chi connectivity index (χ2n) is 3.41. The van der Waals surface area contributed by atoms with Crippen LogP contribution in [0.1, 0.15) is 27.7 Å². The molecule has 2 nitrogen and oxygen atoms in total. The molecule has 0 fully saturated rings. The molecular weight excluding hydrogens is 160 g/mol. The molecule has 0 spiro atoms. The Morgan fingerprint density at radius 2 is 2.00 bits per heavy atom. The summed E-state index contributed by atoms with van der Waals surface area (Å²) >= 11 is 0. The number of rotatable bonds is 4. The van der Waals surface area contributed by atoms with Gasteiger partial charge in [0.05, 0.1) is 12.3 Å². The Labute approximate surface area is 81.5 Å². The van der Waals surface area contributed by atoms with Crippen molar-refractivity contribution < 1.29 is 0 Å². The first kappa shape index (κ1) is 12.1. The van der Waals surface area contributed by atoms with Gasteiger partial charge in [-0.05, 0) is 19.8 Å². The molecule has 2 heteroatoms. The number of aliphatic imine (C=N–C) groups is 2. The molecule has 74 valence electrons. The zero-order valence-corrected chi connectivity index (χ0v) is 9.33. The number of hydrogen-bond donors (Lipinski definition) is 0. The first-order chi connectivity index (χ1) is 6.11. The van der Waals surface area contributed by atoms with E-state index in [4.69, 9.17) is 0 Å². The van der Waals surface area contributed by atoms with Crippen LogP contribution in [0.5, 0.6) is 0 Å². The lowest BCUT2D eigenvalue weighted by Gasteiger charge is -2.02. The van der Waals surface area contributed by atoms with Crippen molar-refractivity contribution in [3.05, 3.63) is 11.6 Å². The second-order valence-corrected chi connectivity index (χ2v) is 3.41. The highest BCUT2D eigenvalue weighted by Crippen LogP contribution is 1.96. The molecule has 0 heterocycles. The Hall–Kier alpha value is -0.920. The number of nitrogens with zero attached hydrogens (tertiary/aromatic N) is 2. The van der Waals surface area contributed by atoms with Gasteiger partial charge in [0.25, 0.3) is 0 Å². The fourth-order valence-corrected chi connectivity index (χ4v) is 0.839. The van der Waals surface area contributed by atoms with Gasteiger partial charge in [-0.2, -0.15) is 0 Å². The topological polar surface area (TPSA) is 24.7 Å². The van der Waals surface area contributed by atoms with Crippen LogP contribution in [0.15, 0.2) is 21.6 Å². The van der Waals surface area contributed by atoms with Crippen molar-refractivity contribution in [1.29, 1.82) is 0 Å². The van der Waals surface area contributed by atoms with E-state index in [1.165, 1.54) is 5.57 Å². The van der Waals surface area contributed by atoms with Gasteiger partial charge in [0.1, 0.15) is 0 Å². The summed E-state index contributed by atoms with van der Waals surface area (Å²) in [4.78, 5) is 8.47. The van der Waals surface area contributed by atoms with E-state index in [0.29, 0.717) is 5.92 Å². The minimum Gasteiger partial charge on any atom is -0.291 e. The van der Waals surface area contributed by atoms with Gasteiger partial charge in [-0.1, -0.05) is 25.5 Å². The summed E-state index contributed by atoms with van der Waals surface area (Å²) in [5.74, 6) is 0.458. The SMILES string of the molecule is C/C=C(/C)CN=CC(=NC)C(C)C. The van der Waals surface area contributed by atoms with E-state index in [9.17, 15) is 0 Å². The van der Waals surface area contributed by atoms with E-state index in [0.717, 1.165) is 12.3 Å². The second kappa shape index (κ2) is 6.58. The molecule has 13 heavy (non-hydrogen) atoms. The molecule has 0 saturated carbocycles. The van der Waals surface area contributed by atoms with Gasteiger partial charge >= 0.3 is 0 Å². The van der Waals surface area contributed by atoms with Gasteiger partial charge in [-0.25, -0.2) is 0 Å². The maximum atomic E-state index is 4.31. The van der Waals surface area contributed by atoms with Crippen molar-refractivity contribution in [3.63, 3.8) is 0 Å². The summed E-state index contributed by atoms with van der Waals surface area (Å²) in [7, 11) is 1.81. The highest BCUT2D eigenvalue weighted by molar-refractivity contribution is 6.31. The van der Waals surface area contributed by atoms with E-state index >= 15 is 0 Å². The third-order valence-corrected chi connectivity index (χ3v) is 1.91. The fourth-order valence-electron chi connectivity index (χ4n) is 0.839. The molecule has 0 rings (SSSR count). The van der Waals surface area contributed by atoms with E-state index in [1.807, 2.05) is 20.2 Å². The molecule has 0 aliphatic rings. The maximum absolute atomic E-state index is 4.31. The lowest BCUT2D eigenvalue weighted by atomic mass is 10.1. The van der Waals surface area contributed by atoms with Crippen molar-refractivity contribution in [2.24, 2.45) is 15.9 Å². The quantitative estimate of drug-likeness (QED) is 0.469. The van der Waals surface area contributed by atoms with E-state index in [-0.39, 0.29) is 0 Å². The summed E-state index contributed by atoms with van der Waals surface area (Å²) in [6, 6.07) is 0. The maximum Gasteiger partial charge on any atom is 0.0597 e. The molecule has 0 radical (unpaired) electrons. The molecule has 0 bridgehead atoms. The molecule has 0 unspecified atom stereocenters. The largest absolute Gasteiger partial charge is 0.291 e. The lowest BCUT2D eigenvalue weighted by Crippen LogP contribution is -2.09. The fraction of sp³-hybridized carbons (Fsp3) is 0.636. The predicted molar refractivity (Wildman–Crippen MR) is 61.0 cm³/mol. The first-order valence-electron chi connectivity index (χ1n) is 4.70. The van der Waals surface area contributed by atoms with Crippen LogP contribution in [0.4, 0.5) is 0 Å². The van der Waals surface area contributed by atoms with E-state index < -0.39 is 0 Å². The van der Waals surface area contributed by atoms with Crippen LogP contribution < -0.4 is 0 Å². The van der Waals surface area contributed by atoms with Gasteiger partial charge in [-0.15, -0.1) is 0 Å². The van der Waals surface area contributed by atoms with Gasteiger partial charge in [-0.3, -0.25) is 9.98 Å². The molecule has 0 aliphatic carbocycles. The van der Waals surface area contributed by atoms with Crippen molar-refractivity contribution in [2.75, 3.05) is 13.6 Å². The van der Waals surface area contributed by atoms with Crippen LogP contribution >= 0.6 is 0 Å². The molecule has 0 aromatic carbocycles. The zero-order chi connectivity index (χ0) is 10.3. The summed E-state index contributed by atoms with van der Waals surface area (Å²) in [6.45, 7) is 9.13. The van der Waals surface area contributed by atoms with Crippen LogP contribution in [-0.4, -0.2) is 25.5 Å². The molecular formula is C11H20N2. The molecule has 0 atom stereocenters. The summed E-state index contributed by atoms with van der Waals surface area (Å²) in [6.07, 6.45) is 3.95. The number of allylic oxidation sites excluding steroid dienone is 1. The van der Waals surface area contributed by atoms with Gasteiger partial charge < -0.3 is 0 Å². The highest BCUT2D eigenvalue weighted by Gasteiger charge is 1.98. The Balaban J connectivity index is 4.11. The molecule has 0 aromatic heterocycles.